The van der Waals surface area contributed by atoms with Crippen molar-refractivity contribution in [1.82, 2.24) is 9.21 Å². The van der Waals surface area contributed by atoms with Crippen molar-refractivity contribution in [2.24, 2.45) is 0 Å². The van der Waals surface area contributed by atoms with Gasteiger partial charge in [0, 0.05) is 31.9 Å². The van der Waals surface area contributed by atoms with E-state index in [1.807, 2.05) is 0 Å². The summed E-state index contributed by atoms with van der Waals surface area (Å²) in [6.45, 7) is 2.60. The van der Waals surface area contributed by atoms with Crippen LogP contribution in [0.3, 0.4) is 0 Å². The topological polar surface area (TPSA) is 130 Å². The Morgan fingerprint density at radius 2 is 1.72 bits per heavy atom. The van der Waals surface area contributed by atoms with Crippen LogP contribution in [-0.4, -0.2) is 88.8 Å². The Labute approximate surface area is 188 Å². The lowest BCUT2D eigenvalue weighted by atomic mass is 10.2. The Balaban J connectivity index is 1.54. The minimum absolute atomic E-state index is 0.00325. The molecule has 0 aliphatic carbocycles. The SMILES string of the molecule is Cc1ccc(S(=O)(=O)N2CCCCC2)cc1NC(=O)COC(=O)CN1CCS(=O)(=O)CC1. The van der Waals surface area contributed by atoms with E-state index in [-0.39, 0.29) is 36.0 Å². The van der Waals surface area contributed by atoms with Gasteiger partial charge in [0.15, 0.2) is 16.4 Å². The number of aryl methyl sites for hydroxylation is 1. The summed E-state index contributed by atoms with van der Waals surface area (Å²) in [7, 11) is -6.68. The highest BCUT2D eigenvalue weighted by Crippen LogP contribution is 2.25. The van der Waals surface area contributed by atoms with Crippen molar-refractivity contribution in [3.63, 3.8) is 0 Å². The number of ether oxygens (including phenoxy) is 1. The monoisotopic (exact) mass is 487 g/mol. The second-order valence-corrected chi connectivity index (χ2v) is 12.3. The Hall–Kier alpha value is -2.02. The molecule has 0 spiro atoms. The van der Waals surface area contributed by atoms with Gasteiger partial charge < -0.3 is 10.1 Å². The Morgan fingerprint density at radius 1 is 1.06 bits per heavy atom. The number of esters is 1. The number of amides is 1. The third-order valence-corrected chi connectivity index (χ3v) is 9.09. The highest BCUT2D eigenvalue weighted by molar-refractivity contribution is 7.91. The average Bonchev–Trinajstić information content (AvgIpc) is 2.76. The Kier molecular flexibility index (Phi) is 7.91. The fourth-order valence-electron chi connectivity index (χ4n) is 3.62. The van der Waals surface area contributed by atoms with Crippen LogP contribution >= 0.6 is 0 Å². The third-order valence-electron chi connectivity index (χ3n) is 5.59. The van der Waals surface area contributed by atoms with Crippen molar-refractivity contribution >= 4 is 37.4 Å². The molecular weight excluding hydrogens is 458 g/mol. The summed E-state index contributed by atoms with van der Waals surface area (Å²) in [4.78, 5) is 26.0. The van der Waals surface area contributed by atoms with Crippen molar-refractivity contribution in [1.29, 1.82) is 0 Å². The van der Waals surface area contributed by atoms with Gasteiger partial charge in [0.25, 0.3) is 5.91 Å². The highest BCUT2D eigenvalue weighted by atomic mass is 32.2. The van der Waals surface area contributed by atoms with Gasteiger partial charge in [-0.3, -0.25) is 14.5 Å². The lowest BCUT2D eigenvalue weighted by Crippen LogP contribution is -2.43. The second kappa shape index (κ2) is 10.3. The summed E-state index contributed by atoms with van der Waals surface area (Å²) in [6, 6.07) is 4.57. The number of hydrogen-bond donors (Lipinski definition) is 1. The number of sulfone groups is 1. The van der Waals surface area contributed by atoms with E-state index in [0.29, 0.717) is 24.3 Å². The molecule has 2 aliphatic rings. The van der Waals surface area contributed by atoms with Gasteiger partial charge in [0.1, 0.15) is 0 Å². The molecule has 10 nitrogen and oxygen atoms in total. The number of rotatable bonds is 7. The van der Waals surface area contributed by atoms with Gasteiger partial charge in [0.2, 0.25) is 10.0 Å². The molecule has 0 unspecified atom stereocenters. The number of carbonyl (C=O) groups is 2. The summed E-state index contributed by atoms with van der Waals surface area (Å²) >= 11 is 0. The zero-order valence-corrected chi connectivity index (χ0v) is 19.7. The minimum atomic E-state index is -3.64. The molecule has 2 fully saturated rings. The number of benzene rings is 1. The third kappa shape index (κ3) is 6.50. The number of nitrogens with zero attached hydrogens (tertiary/aromatic N) is 2. The van der Waals surface area contributed by atoms with Gasteiger partial charge in [-0.1, -0.05) is 12.5 Å². The minimum Gasteiger partial charge on any atom is -0.455 e. The predicted octanol–water partition coefficient (Wildman–Crippen LogP) is 0.382. The van der Waals surface area contributed by atoms with E-state index >= 15 is 0 Å². The van der Waals surface area contributed by atoms with Crippen LogP contribution in [0.25, 0.3) is 0 Å². The number of hydrogen-bond acceptors (Lipinski definition) is 8. The fraction of sp³-hybridized carbons (Fsp3) is 0.600. The molecule has 0 aromatic heterocycles. The Morgan fingerprint density at radius 3 is 2.38 bits per heavy atom. The summed E-state index contributed by atoms with van der Waals surface area (Å²) in [5.74, 6) is -1.22. The maximum atomic E-state index is 12.9. The Bertz CT molecular complexity index is 1050. The first kappa shape index (κ1) is 24.6. The lowest BCUT2D eigenvalue weighted by Gasteiger charge is -2.26. The molecule has 0 bridgehead atoms. The van der Waals surface area contributed by atoms with E-state index in [9.17, 15) is 26.4 Å². The van der Waals surface area contributed by atoms with Gasteiger partial charge in [-0.05, 0) is 37.5 Å². The van der Waals surface area contributed by atoms with E-state index in [1.165, 1.54) is 16.4 Å². The van der Waals surface area contributed by atoms with Crippen molar-refractivity contribution in [3.8, 4) is 0 Å². The van der Waals surface area contributed by atoms with Crippen molar-refractivity contribution in [2.45, 2.75) is 31.1 Å². The molecule has 0 atom stereocenters. The van der Waals surface area contributed by atoms with Crippen molar-refractivity contribution in [3.05, 3.63) is 23.8 Å². The van der Waals surface area contributed by atoms with Crippen LogP contribution in [0, 0.1) is 6.92 Å². The first-order valence-electron chi connectivity index (χ1n) is 10.6. The zero-order valence-electron chi connectivity index (χ0n) is 18.1. The largest absolute Gasteiger partial charge is 0.455 e. The second-order valence-electron chi connectivity index (χ2n) is 8.08. The van der Waals surface area contributed by atoms with Crippen molar-refractivity contribution < 1.29 is 31.2 Å². The molecule has 2 heterocycles. The van der Waals surface area contributed by atoms with Crippen LogP contribution in [0.15, 0.2) is 23.1 Å². The van der Waals surface area contributed by atoms with Crippen LogP contribution < -0.4 is 5.32 Å². The lowest BCUT2D eigenvalue weighted by molar-refractivity contribution is -0.148. The number of piperidine rings is 1. The van der Waals surface area contributed by atoms with E-state index in [0.717, 1.165) is 19.3 Å². The van der Waals surface area contributed by atoms with E-state index in [1.54, 1.807) is 17.9 Å². The van der Waals surface area contributed by atoms with Gasteiger partial charge in [-0.2, -0.15) is 4.31 Å². The van der Waals surface area contributed by atoms with Crippen LogP contribution in [0.5, 0.6) is 0 Å². The molecule has 1 amide bonds. The van der Waals surface area contributed by atoms with E-state index in [4.69, 9.17) is 4.74 Å². The average molecular weight is 488 g/mol. The maximum absolute atomic E-state index is 12.9. The molecule has 1 aromatic rings. The highest BCUT2D eigenvalue weighted by Gasteiger charge is 2.27. The normalized spacial score (nSPS) is 19.9. The number of anilines is 1. The summed E-state index contributed by atoms with van der Waals surface area (Å²) in [6.07, 6.45) is 2.66. The smallest absolute Gasteiger partial charge is 0.320 e. The van der Waals surface area contributed by atoms with Crippen LogP contribution in [0.1, 0.15) is 24.8 Å². The molecule has 3 rings (SSSR count). The first-order chi connectivity index (χ1) is 15.1. The molecular formula is C20H29N3O7S2. The van der Waals surface area contributed by atoms with Gasteiger partial charge >= 0.3 is 5.97 Å². The number of carbonyl (C=O) groups excluding carboxylic acids is 2. The predicted molar refractivity (Wildman–Crippen MR) is 118 cm³/mol. The van der Waals surface area contributed by atoms with Gasteiger partial charge in [-0.15, -0.1) is 0 Å². The standard InChI is InChI=1S/C20H29N3O7S2/c1-16-5-6-17(32(28,29)23-7-3-2-4-8-23)13-18(16)21-19(24)15-30-20(25)14-22-9-11-31(26,27)12-10-22/h5-6,13H,2-4,7-12,14-15H2,1H3,(H,21,24). The molecule has 0 radical (unpaired) electrons. The zero-order chi connectivity index (χ0) is 23.4. The molecule has 1 N–H and O–H groups in total. The quantitative estimate of drug-likeness (QED) is 0.547. The molecule has 1 aromatic carbocycles. The summed E-state index contributed by atoms with van der Waals surface area (Å²) < 4.78 is 55.1. The van der Waals surface area contributed by atoms with Crippen molar-refractivity contribution in [2.75, 3.05) is 56.2 Å². The first-order valence-corrected chi connectivity index (χ1v) is 13.8. The fourth-order valence-corrected chi connectivity index (χ4v) is 6.44. The van der Waals surface area contributed by atoms with E-state index in [2.05, 4.69) is 5.32 Å². The molecule has 0 saturated carbocycles. The molecule has 32 heavy (non-hydrogen) atoms. The summed E-state index contributed by atoms with van der Waals surface area (Å²) in [5, 5.41) is 2.60. The number of nitrogens with one attached hydrogen (secondary N) is 1. The van der Waals surface area contributed by atoms with Gasteiger partial charge in [0.05, 0.1) is 22.9 Å². The molecule has 2 saturated heterocycles. The summed E-state index contributed by atoms with van der Waals surface area (Å²) in [5.41, 5.74) is 1.02. The maximum Gasteiger partial charge on any atom is 0.320 e. The molecule has 12 heteroatoms. The van der Waals surface area contributed by atoms with Crippen LogP contribution in [0.4, 0.5) is 5.69 Å². The molecule has 178 valence electrons. The van der Waals surface area contributed by atoms with Crippen LogP contribution in [-0.2, 0) is 34.2 Å². The van der Waals surface area contributed by atoms with Crippen LogP contribution in [0.2, 0.25) is 0 Å². The molecule has 2 aliphatic heterocycles. The number of sulfonamides is 1. The van der Waals surface area contributed by atoms with Gasteiger partial charge in [-0.25, -0.2) is 16.8 Å². The van der Waals surface area contributed by atoms with E-state index < -0.39 is 38.3 Å².